The number of halogens is 1. The van der Waals surface area contributed by atoms with Gasteiger partial charge in [-0.2, -0.15) is 0 Å². The Morgan fingerprint density at radius 1 is 1.17 bits per heavy atom. The zero-order valence-electron chi connectivity index (χ0n) is 21.0. The minimum atomic E-state index is -1.40. The van der Waals surface area contributed by atoms with Crippen LogP contribution in [0, 0.1) is 5.82 Å². The van der Waals surface area contributed by atoms with Crippen LogP contribution < -0.4 is 34.7 Å². The van der Waals surface area contributed by atoms with E-state index in [0.717, 1.165) is 16.7 Å². The van der Waals surface area contributed by atoms with Crippen LogP contribution in [0.4, 0.5) is 4.39 Å². The molecule has 0 saturated heterocycles. The van der Waals surface area contributed by atoms with E-state index in [2.05, 4.69) is 0 Å². The van der Waals surface area contributed by atoms with Crippen molar-refractivity contribution in [3.05, 3.63) is 58.7 Å². The number of aliphatic carboxylic acids is 1. The largest absolute Gasteiger partial charge is 1.00 e. The third-order valence-electron chi connectivity index (χ3n) is 5.51. The second-order valence-electron chi connectivity index (χ2n) is 8.72. The number of aliphatic hydroxyl groups excluding tert-OH is 3. The summed E-state index contributed by atoms with van der Waals surface area (Å²) in [7, 11) is 1.55. The first-order valence-electron chi connectivity index (χ1n) is 11.3. The first-order valence-corrected chi connectivity index (χ1v) is 11.3. The van der Waals surface area contributed by atoms with Crippen LogP contribution in [0.3, 0.4) is 0 Å². The summed E-state index contributed by atoms with van der Waals surface area (Å²) >= 11 is 0. The first-order chi connectivity index (χ1) is 16.1. The standard InChI is InChI=1S/C26H34FNO6.Na/c1-15(2)25-21(10-9-19(30)11-20(31)12-23(32)33)24(17-5-7-18(27)8-6-17)22(14-34-4)26(28-25)16(3)13-29;/h5-10,15-16,19-20,29-31H,11-14H2,1-4H3,(H,32,33);/q;+1/p-1/b10-9+;/t16-,19+,20-;/m1./s1. The van der Waals surface area contributed by atoms with Crippen LogP contribution in [0.2, 0.25) is 0 Å². The molecule has 9 heteroatoms. The number of methoxy groups -OCH3 is 1. The van der Waals surface area contributed by atoms with Crippen LogP contribution in [0.25, 0.3) is 17.2 Å². The topological polar surface area (TPSA) is 123 Å². The number of rotatable bonds is 12. The minimum Gasteiger partial charge on any atom is -0.550 e. The summed E-state index contributed by atoms with van der Waals surface area (Å²) in [5.74, 6) is -2.08. The van der Waals surface area contributed by atoms with E-state index in [1.807, 2.05) is 20.8 Å². The maximum absolute atomic E-state index is 13.7. The van der Waals surface area contributed by atoms with E-state index in [0.29, 0.717) is 17.0 Å². The third kappa shape index (κ3) is 8.75. The number of carbonyl (C=O) groups is 1. The van der Waals surface area contributed by atoms with Crippen molar-refractivity contribution in [1.29, 1.82) is 0 Å². The molecule has 0 radical (unpaired) electrons. The van der Waals surface area contributed by atoms with Gasteiger partial charge in [-0.25, -0.2) is 4.39 Å². The smallest absolute Gasteiger partial charge is 0.550 e. The molecular weight excluding hydrogens is 464 g/mol. The summed E-state index contributed by atoms with van der Waals surface area (Å²) in [6.07, 6.45) is 0.0456. The molecule has 0 aliphatic rings. The summed E-state index contributed by atoms with van der Waals surface area (Å²) in [6, 6.07) is 6.02. The van der Waals surface area contributed by atoms with Gasteiger partial charge in [0.2, 0.25) is 0 Å². The van der Waals surface area contributed by atoms with E-state index in [1.54, 1.807) is 25.3 Å². The average molecular weight is 498 g/mol. The van der Waals surface area contributed by atoms with Crippen molar-refractivity contribution >= 4 is 12.0 Å². The molecule has 3 atom stereocenters. The van der Waals surface area contributed by atoms with E-state index in [4.69, 9.17) is 9.72 Å². The number of benzene rings is 1. The number of aliphatic hydroxyl groups is 3. The van der Waals surface area contributed by atoms with Gasteiger partial charge in [-0.15, -0.1) is 0 Å². The van der Waals surface area contributed by atoms with Gasteiger partial charge in [0.05, 0.1) is 36.8 Å². The zero-order chi connectivity index (χ0) is 25.4. The molecule has 0 saturated carbocycles. The molecule has 3 N–H and O–H groups in total. The fraction of sp³-hybridized carbons (Fsp3) is 0.462. The number of aromatic nitrogens is 1. The molecule has 0 unspecified atom stereocenters. The molecule has 0 bridgehead atoms. The number of pyridine rings is 1. The quantitative estimate of drug-likeness (QED) is 0.339. The molecule has 2 rings (SSSR count). The third-order valence-corrected chi connectivity index (χ3v) is 5.51. The van der Waals surface area contributed by atoms with Gasteiger partial charge in [0.15, 0.2) is 0 Å². The van der Waals surface area contributed by atoms with Gasteiger partial charge in [0, 0.05) is 43.0 Å². The molecule has 0 amide bonds. The van der Waals surface area contributed by atoms with Crippen LogP contribution in [0.5, 0.6) is 0 Å². The Morgan fingerprint density at radius 2 is 1.80 bits per heavy atom. The molecule has 1 aromatic carbocycles. The fourth-order valence-corrected chi connectivity index (χ4v) is 3.86. The molecule has 7 nitrogen and oxygen atoms in total. The second-order valence-corrected chi connectivity index (χ2v) is 8.72. The van der Waals surface area contributed by atoms with E-state index in [1.165, 1.54) is 18.2 Å². The number of carbonyl (C=O) groups excluding carboxylic acids is 1. The van der Waals surface area contributed by atoms with Gasteiger partial charge in [-0.3, -0.25) is 4.98 Å². The average Bonchev–Trinajstić information content (AvgIpc) is 2.77. The van der Waals surface area contributed by atoms with Crippen LogP contribution in [-0.4, -0.2) is 52.2 Å². The number of nitrogens with zero attached hydrogens (tertiary/aromatic N) is 1. The fourth-order valence-electron chi connectivity index (χ4n) is 3.86. The Hall–Kier alpha value is -1.65. The number of hydrogen-bond acceptors (Lipinski definition) is 7. The van der Waals surface area contributed by atoms with Gasteiger partial charge in [-0.05, 0) is 29.2 Å². The molecule has 2 aromatic rings. The predicted molar refractivity (Wildman–Crippen MR) is 125 cm³/mol. The summed E-state index contributed by atoms with van der Waals surface area (Å²) in [5, 5.41) is 40.8. The number of carboxylic acid groups (broad SMARTS) is 1. The van der Waals surface area contributed by atoms with Crippen molar-refractivity contribution in [1.82, 2.24) is 4.98 Å². The first kappa shape index (κ1) is 31.4. The van der Waals surface area contributed by atoms with Gasteiger partial charge < -0.3 is 30.0 Å². The Morgan fingerprint density at radius 3 is 2.31 bits per heavy atom. The van der Waals surface area contributed by atoms with E-state index in [-0.39, 0.29) is 66.8 Å². The van der Waals surface area contributed by atoms with Crippen LogP contribution in [0.1, 0.15) is 68.0 Å². The van der Waals surface area contributed by atoms with Crippen molar-refractivity contribution in [3.8, 4) is 11.1 Å². The second kappa shape index (κ2) is 14.8. The van der Waals surface area contributed by atoms with Crippen molar-refractivity contribution in [3.63, 3.8) is 0 Å². The molecular formula is C26H33FNNaO6. The summed E-state index contributed by atoms with van der Waals surface area (Å²) in [6.45, 7) is 5.88. The van der Waals surface area contributed by atoms with Crippen molar-refractivity contribution in [2.45, 2.75) is 64.3 Å². The van der Waals surface area contributed by atoms with Gasteiger partial charge in [-0.1, -0.05) is 45.1 Å². The zero-order valence-corrected chi connectivity index (χ0v) is 23.0. The molecule has 186 valence electrons. The minimum absolute atomic E-state index is 0. The van der Waals surface area contributed by atoms with E-state index >= 15 is 0 Å². The molecule has 1 heterocycles. The summed E-state index contributed by atoms with van der Waals surface area (Å²) in [4.78, 5) is 15.6. The molecule has 0 aliphatic carbocycles. The molecule has 1 aromatic heterocycles. The van der Waals surface area contributed by atoms with Crippen LogP contribution in [0.15, 0.2) is 30.3 Å². The monoisotopic (exact) mass is 497 g/mol. The van der Waals surface area contributed by atoms with Gasteiger partial charge >= 0.3 is 29.6 Å². The van der Waals surface area contributed by atoms with E-state index in [9.17, 15) is 29.6 Å². The number of hydrogen-bond donors (Lipinski definition) is 3. The molecule has 0 aliphatic heterocycles. The maximum atomic E-state index is 13.7. The van der Waals surface area contributed by atoms with Crippen molar-refractivity contribution < 1.29 is 63.9 Å². The molecule has 0 spiro atoms. The normalized spacial score (nSPS) is 14.1. The maximum Gasteiger partial charge on any atom is 1.00 e. The Kier molecular flexibility index (Phi) is 13.3. The van der Waals surface area contributed by atoms with Crippen molar-refractivity contribution in [2.24, 2.45) is 0 Å². The van der Waals surface area contributed by atoms with Crippen molar-refractivity contribution in [2.75, 3.05) is 13.7 Å². The summed E-state index contributed by atoms with van der Waals surface area (Å²) in [5.41, 5.74) is 4.29. The number of carboxylic acids is 1. The Labute approximate surface area is 228 Å². The van der Waals surface area contributed by atoms with Gasteiger partial charge in [0.1, 0.15) is 5.82 Å². The summed E-state index contributed by atoms with van der Waals surface area (Å²) < 4.78 is 19.2. The number of ether oxygens (including phenoxy) is 1. The Bertz CT molecular complexity index is 996. The van der Waals surface area contributed by atoms with Crippen LogP contribution >= 0.6 is 0 Å². The molecule has 0 fully saturated rings. The predicted octanol–water partition coefficient (Wildman–Crippen LogP) is -0.478. The van der Waals surface area contributed by atoms with Gasteiger partial charge in [0.25, 0.3) is 0 Å². The Balaban J connectivity index is 0.00000612. The SMILES string of the molecule is COCc1c([C@H](C)CO)nc(C(C)C)c(/C=C/[C@H](O)C[C@@H](O)CC(=O)[O-])c1-c1ccc(F)cc1.[Na+]. The molecule has 35 heavy (non-hydrogen) atoms. The van der Waals surface area contributed by atoms with Crippen LogP contribution in [-0.2, 0) is 16.1 Å². The van der Waals surface area contributed by atoms with E-state index < -0.39 is 24.6 Å².